The van der Waals surface area contributed by atoms with E-state index in [1.165, 1.54) is 11.1 Å². The molecule has 0 saturated carbocycles. The van der Waals surface area contributed by atoms with Crippen LogP contribution in [0.4, 0.5) is 0 Å². The van der Waals surface area contributed by atoms with Crippen LogP contribution < -0.4 is 10.1 Å². The second-order valence-corrected chi connectivity index (χ2v) is 6.74. The first-order chi connectivity index (χ1) is 12.6. The first kappa shape index (κ1) is 16.8. The minimum Gasteiger partial charge on any atom is -0.439 e. The number of hydrogen-bond donors (Lipinski definition) is 2. The molecule has 5 nitrogen and oxygen atoms in total. The zero-order chi connectivity index (χ0) is 18.1. The van der Waals surface area contributed by atoms with Crippen molar-refractivity contribution in [2.24, 2.45) is 7.05 Å². The zero-order valence-corrected chi connectivity index (χ0v) is 15.0. The molecular formula is C21H23N3O2. The second-order valence-electron chi connectivity index (χ2n) is 6.74. The lowest BCUT2D eigenvalue weighted by Gasteiger charge is -2.18. The number of para-hydroxylation sites is 1. The Bertz CT molecular complexity index is 905. The standard InChI is InChI=1S/C21H23N3O2/c1-14-18(21(24(2)23-14)26-16-9-4-3-5-10-16)13-22-20-17-11-7-6-8-15(17)12-19(20)25/h3-11,19-20,22,25H,12-13H2,1-2H3/t19-,20+/m1/s1. The number of aliphatic hydroxyl groups is 1. The molecular weight excluding hydrogens is 326 g/mol. The SMILES string of the molecule is Cc1nn(C)c(Oc2ccccc2)c1CN[C@H]1c2ccccc2C[C@H]1O. The third-order valence-corrected chi connectivity index (χ3v) is 4.95. The summed E-state index contributed by atoms with van der Waals surface area (Å²) >= 11 is 0. The Morgan fingerprint density at radius 3 is 2.69 bits per heavy atom. The lowest BCUT2D eigenvalue weighted by atomic mass is 10.1. The van der Waals surface area contributed by atoms with Gasteiger partial charge in [0.05, 0.1) is 23.4 Å². The van der Waals surface area contributed by atoms with Crippen LogP contribution in [0.15, 0.2) is 54.6 Å². The van der Waals surface area contributed by atoms with Crippen molar-refractivity contribution in [2.75, 3.05) is 0 Å². The smallest absolute Gasteiger partial charge is 0.222 e. The molecule has 0 radical (unpaired) electrons. The summed E-state index contributed by atoms with van der Waals surface area (Å²) < 4.78 is 7.83. The van der Waals surface area contributed by atoms with E-state index in [-0.39, 0.29) is 6.04 Å². The highest BCUT2D eigenvalue weighted by Crippen LogP contribution is 2.33. The molecule has 0 fully saturated rings. The Kier molecular flexibility index (Phi) is 4.49. The molecule has 26 heavy (non-hydrogen) atoms. The Hall–Kier alpha value is -2.63. The van der Waals surface area contributed by atoms with Gasteiger partial charge in [-0.3, -0.25) is 0 Å². The number of aromatic nitrogens is 2. The van der Waals surface area contributed by atoms with Crippen LogP contribution in [-0.4, -0.2) is 21.0 Å². The van der Waals surface area contributed by atoms with E-state index in [0.717, 1.165) is 22.9 Å². The molecule has 1 aliphatic rings. The first-order valence-electron chi connectivity index (χ1n) is 8.88. The predicted octanol–water partition coefficient (Wildman–Crippen LogP) is 3.27. The Balaban J connectivity index is 1.56. The lowest BCUT2D eigenvalue weighted by Crippen LogP contribution is -2.28. The van der Waals surface area contributed by atoms with Gasteiger partial charge in [-0.15, -0.1) is 0 Å². The van der Waals surface area contributed by atoms with E-state index in [0.29, 0.717) is 13.0 Å². The van der Waals surface area contributed by atoms with Gasteiger partial charge in [0.1, 0.15) is 5.75 Å². The number of nitrogens with zero attached hydrogens (tertiary/aromatic N) is 2. The number of aryl methyl sites for hydroxylation is 2. The summed E-state index contributed by atoms with van der Waals surface area (Å²) in [6.45, 7) is 2.56. The third-order valence-electron chi connectivity index (χ3n) is 4.95. The molecule has 0 aliphatic heterocycles. The Morgan fingerprint density at radius 1 is 1.15 bits per heavy atom. The van der Waals surface area contributed by atoms with Gasteiger partial charge >= 0.3 is 0 Å². The van der Waals surface area contributed by atoms with Gasteiger partial charge in [-0.25, -0.2) is 4.68 Å². The van der Waals surface area contributed by atoms with E-state index in [1.807, 2.05) is 56.4 Å². The molecule has 0 unspecified atom stereocenters. The molecule has 0 amide bonds. The second kappa shape index (κ2) is 6.94. The highest BCUT2D eigenvalue weighted by atomic mass is 16.5. The van der Waals surface area contributed by atoms with E-state index in [4.69, 9.17) is 4.74 Å². The summed E-state index contributed by atoms with van der Waals surface area (Å²) in [4.78, 5) is 0. The van der Waals surface area contributed by atoms with Crippen molar-refractivity contribution in [1.82, 2.24) is 15.1 Å². The largest absolute Gasteiger partial charge is 0.439 e. The Labute approximate surface area is 153 Å². The molecule has 1 aromatic heterocycles. The van der Waals surface area contributed by atoms with Crippen LogP contribution in [0.3, 0.4) is 0 Å². The number of benzene rings is 2. The average Bonchev–Trinajstić information content (AvgIpc) is 3.10. The minimum absolute atomic E-state index is 0.0737. The Morgan fingerprint density at radius 2 is 1.88 bits per heavy atom. The van der Waals surface area contributed by atoms with Gasteiger partial charge < -0.3 is 15.2 Å². The first-order valence-corrected chi connectivity index (χ1v) is 8.88. The molecule has 2 N–H and O–H groups in total. The van der Waals surface area contributed by atoms with Crippen molar-refractivity contribution >= 4 is 0 Å². The summed E-state index contributed by atoms with van der Waals surface area (Å²) in [6.07, 6.45) is 0.274. The molecule has 0 spiro atoms. The quantitative estimate of drug-likeness (QED) is 0.742. The maximum absolute atomic E-state index is 10.5. The molecule has 4 rings (SSSR count). The van der Waals surface area contributed by atoms with Crippen molar-refractivity contribution in [2.45, 2.75) is 32.0 Å². The number of fused-ring (bicyclic) bond motifs is 1. The zero-order valence-electron chi connectivity index (χ0n) is 15.0. The van der Waals surface area contributed by atoms with E-state index < -0.39 is 6.10 Å². The molecule has 0 bridgehead atoms. The van der Waals surface area contributed by atoms with Gasteiger partial charge in [0.2, 0.25) is 5.88 Å². The maximum Gasteiger partial charge on any atom is 0.222 e. The topological polar surface area (TPSA) is 59.3 Å². The van der Waals surface area contributed by atoms with Crippen LogP contribution >= 0.6 is 0 Å². The predicted molar refractivity (Wildman–Crippen MR) is 100 cm³/mol. The number of ether oxygens (including phenoxy) is 1. The van der Waals surface area contributed by atoms with Crippen LogP contribution in [0.2, 0.25) is 0 Å². The molecule has 2 atom stereocenters. The molecule has 5 heteroatoms. The number of rotatable bonds is 5. The van der Waals surface area contributed by atoms with Gasteiger partial charge in [-0.1, -0.05) is 42.5 Å². The number of aliphatic hydroxyl groups excluding tert-OH is 1. The number of nitrogens with one attached hydrogen (secondary N) is 1. The molecule has 2 aromatic carbocycles. The fourth-order valence-electron chi connectivity index (χ4n) is 3.64. The van der Waals surface area contributed by atoms with Crippen molar-refractivity contribution in [1.29, 1.82) is 0 Å². The summed E-state index contributed by atoms with van der Waals surface area (Å²) in [5.74, 6) is 1.50. The average molecular weight is 349 g/mol. The van der Waals surface area contributed by atoms with Crippen LogP contribution in [0.1, 0.15) is 28.4 Å². The summed E-state index contributed by atoms with van der Waals surface area (Å²) in [5, 5.41) is 18.5. The third kappa shape index (κ3) is 3.11. The van der Waals surface area contributed by atoms with E-state index >= 15 is 0 Å². The maximum atomic E-state index is 10.5. The minimum atomic E-state index is -0.414. The highest BCUT2D eigenvalue weighted by molar-refractivity contribution is 5.38. The van der Waals surface area contributed by atoms with Crippen molar-refractivity contribution in [3.63, 3.8) is 0 Å². The monoisotopic (exact) mass is 349 g/mol. The van der Waals surface area contributed by atoms with Gasteiger partial charge in [0.25, 0.3) is 0 Å². The van der Waals surface area contributed by atoms with Crippen LogP contribution in [0.5, 0.6) is 11.6 Å². The summed E-state index contributed by atoms with van der Waals surface area (Å²) in [6, 6.07) is 17.8. The molecule has 1 aliphatic carbocycles. The molecule has 1 heterocycles. The normalized spacial score (nSPS) is 18.7. The summed E-state index contributed by atoms with van der Waals surface area (Å²) in [5.41, 5.74) is 4.31. The van der Waals surface area contributed by atoms with Crippen LogP contribution in [0.25, 0.3) is 0 Å². The van der Waals surface area contributed by atoms with Crippen LogP contribution in [0, 0.1) is 6.92 Å². The molecule has 3 aromatic rings. The van der Waals surface area contributed by atoms with Crippen molar-refractivity contribution in [3.8, 4) is 11.6 Å². The van der Waals surface area contributed by atoms with Gasteiger partial charge in [0, 0.05) is 20.0 Å². The van der Waals surface area contributed by atoms with Gasteiger partial charge in [-0.2, -0.15) is 5.10 Å². The van der Waals surface area contributed by atoms with E-state index in [2.05, 4.69) is 22.5 Å². The summed E-state index contributed by atoms with van der Waals surface area (Å²) in [7, 11) is 1.88. The lowest BCUT2D eigenvalue weighted by molar-refractivity contribution is 0.140. The van der Waals surface area contributed by atoms with Gasteiger partial charge in [-0.05, 0) is 30.2 Å². The molecule has 134 valence electrons. The highest BCUT2D eigenvalue weighted by Gasteiger charge is 2.30. The fraction of sp³-hybridized carbons (Fsp3) is 0.286. The van der Waals surface area contributed by atoms with E-state index in [1.54, 1.807) is 4.68 Å². The van der Waals surface area contributed by atoms with E-state index in [9.17, 15) is 5.11 Å². The molecule has 0 saturated heterocycles. The van der Waals surface area contributed by atoms with Crippen molar-refractivity contribution < 1.29 is 9.84 Å². The fourth-order valence-corrected chi connectivity index (χ4v) is 3.64. The van der Waals surface area contributed by atoms with Gasteiger partial charge in [0.15, 0.2) is 0 Å². The number of hydrogen-bond acceptors (Lipinski definition) is 4. The van der Waals surface area contributed by atoms with Crippen LogP contribution in [-0.2, 0) is 20.0 Å². The van der Waals surface area contributed by atoms with Crippen molar-refractivity contribution in [3.05, 3.63) is 77.0 Å².